The zero-order chi connectivity index (χ0) is 15.2. The maximum Gasteiger partial charge on any atom is 0.269 e. The summed E-state index contributed by atoms with van der Waals surface area (Å²) in [5, 5.41) is 10.2. The van der Waals surface area contributed by atoms with Crippen molar-refractivity contribution in [2.45, 2.75) is 6.54 Å². The van der Waals surface area contributed by atoms with Crippen LogP contribution in [0, 0.1) is 5.82 Å². The summed E-state index contributed by atoms with van der Waals surface area (Å²) in [5.41, 5.74) is 1.27. The van der Waals surface area contributed by atoms with Gasteiger partial charge in [-0.25, -0.2) is 9.07 Å². The molecule has 2 aromatic rings. The number of hydrogen-bond donors (Lipinski definition) is 2. The first kappa shape index (κ1) is 15.7. The van der Waals surface area contributed by atoms with Gasteiger partial charge in [-0.1, -0.05) is 22.0 Å². The Bertz CT molecular complexity index is 674. The van der Waals surface area contributed by atoms with Crippen molar-refractivity contribution in [3.8, 4) is 0 Å². The minimum atomic E-state index is -0.324. The van der Waals surface area contributed by atoms with Gasteiger partial charge in [-0.3, -0.25) is 4.79 Å². The van der Waals surface area contributed by atoms with Crippen LogP contribution in [0.25, 0.3) is 0 Å². The molecule has 0 saturated heterocycles. The second-order valence-electron chi connectivity index (χ2n) is 4.51. The lowest BCUT2D eigenvalue weighted by Crippen LogP contribution is -2.24. The van der Waals surface area contributed by atoms with E-state index in [1.165, 1.54) is 22.9 Å². The molecule has 0 aliphatic heterocycles. The van der Waals surface area contributed by atoms with E-state index in [1.54, 1.807) is 12.3 Å². The van der Waals surface area contributed by atoms with Crippen molar-refractivity contribution in [1.82, 2.24) is 15.1 Å². The summed E-state index contributed by atoms with van der Waals surface area (Å²) in [7, 11) is 1.86. The topological polar surface area (TPSA) is 59.0 Å². The van der Waals surface area contributed by atoms with E-state index < -0.39 is 0 Å². The molecular formula is C14H16BrFN4O. The van der Waals surface area contributed by atoms with Gasteiger partial charge in [0.05, 0.1) is 18.4 Å². The van der Waals surface area contributed by atoms with Crippen LogP contribution >= 0.6 is 15.9 Å². The molecule has 0 radical (unpaired) electrons. The summed E-state index contributed by atoms with van der Waals surface area (Å²) in [5.74, 6) is -0.324. The molecule has 0 aliphatic carbocycles. The number of nitrogens with zero attached hydrogens (tertiary/aromatic N) is 2. The monoisotopic (exact) mass is 354 g/mol. The van der Waals surface area contributed by atoms with Crippen molar-refractivity contribution in [3.05, 3.63) is 56.7 Å². The highest BCUT2D eigenvalue weighted by molar-refractivity contribution is 9.10. The number of halogens is 2. The minimum absolute atomic E-state index is 0.208. The molecule has 112 valence electrons. The second-order valence-corrected chi connectivity index (χ2v) is 5.36. The summed E-state index contributed by atoms with van der Waals surface area (Å²) in [6.45, 7) is 1.80. The summed E-state index contributed by atoms with van der Waals surface area (Å²) in [6.07, 6.45) is 1.61. The van der Waals surface area contributed by atoms with E-state index in [0.717, 1.165) is 12.1 Å². The predicted octanol–water partition coefficient (Wildman–Crippen LogP) is 1.82. The van der Waals surface area contributed by atoms with Gasteiger partial charge in [0.2, 0.25) is 0 Å². The van der Waals surface area contributed by atoms with Gasteiger partial charge in [0.15, 0.2) is 0 Å². The average Bonchev–Trinajstić information content (AvgIpc) is 2.44. The molecular weight excluding hydrogens is 339 g/mol. The number of nitrogens with one attached hydrogen (secondary N) is 2. The van der Waals surface area contributed by atoms with E-state index in [1.807, 2.05) is 7.05 Å². The van der Waals surface area contributed by atoms with Crippen LogP contribution in [0.4, 0.5) is 10.1 Å². The summed E-state index contributed by atoms with van der Waals surface area (Å²) >= 11 is 3.28. The van der Waals surface area contributed by atoms with Crippen LogP contribution < -0.4 is 16.2 Å². The minimum Gasteiger partial charge on any atom is -0.382 e. The van der Waals surface area contributed by atoms with E-state index in [-0.39, 0.29) is 17.9 Å². The van der Waals surface area contributed by atoms with Gasteiger partial charge in [0.25, 0.3) is 5.56 Å². The molecule has 7 heteroatoms. The van der Waals surface area contributed by atoms with Gasteiger partial charge in [0, 0.05) is 23.6 Å². The molecule has 21 heavy (non-hydrogen) atoms. The van der Waals surface area contributed by atoms with Crippen molar-refractivity contribution in [2.24, 2.45) is 0 Å². The zero-order valence-corrected chi connectivity index (χ0v) is 13.2. The van der Waals surface area contributed by atoms with Gasteiger partial charge >= 0.3 is 0 Å². The van der Waals surface area contributed by atoms with Crippen molar-refractivity contribution < 1.29 is 4.39 Å². The molecule has 2 N–H and O–H groups in total. The number of benzene rings is 1. The first-order chi connectivity index (χ1) is 10.1. The number of aromatic nitrogens is 2. The molecule has 2 rings (SSSR count). The van der Waals surface area contributed by atoms with Crippen molar-refractivity contribution in [1.29, 1.82) is 0 Å². The maximum atomic E-state index is 13.0. The molecule has 0 unspecified atom stereocenters. The van der Waals surface area contributed by atoms with E-state index >= 15 is 0 Å². The molecule has 0 amide bonds. The fourth-order valence-electron chi connectivity index (χ4n) is 1.79. The summed E-state index contributed by atoms with van der Waals surface area (Å²) in [4.78, 5) is 12.0. The predicted molar refractivity (Wildman–Crippen MR) is 84.1 cm³/mol. The van der Waals surface area contributed by atoms with Crippen molar-refractivity contribution >= 4 is 21.6 Å². The Kier molecular flexibility index (Phi) is 5.46. The lowest BCUT2D eigenvalue weighted by Gasteiger charge is -2.09. The van der Waals surface area contributed by atoms with Crippen molar-refractivity contribution in [2.75, 3.05) is 25.5 Å². The molecule has 1 heterocycles. The van der Waals surface area contributed by atoms with Crippen LogP contribution in [0.1, 0.15) is 5.56 Å². The Labute approximate surface area is 130 Å². The molecule has 0 spiro atoms. The largest absolute Gasteiger partial charge is 0.382 e. The van der Waals surface area contributed by atoms with E-state index in [2.05, 4.69) is 31.7 Å². The highest BCUT2D eigenvalue weighted by Crippen LogP contribution is 2.18. The third kappa shape index (κ3) is 4.37. The third-order valence-electron chi connectivity index (χ3n) is 2.91. The lowest BCUT2D eigenvalue weighted by atomic mass is 10.2. The molecule has 0 fully saturated rings. The molecule has 5 nitrogen and oxygen atoms in total. The fraction of sp³-hybridized carbons (Fsp3) is 0.286. The van der Waals surface area contributed by atoms with Gasteiger partial charge in [0.1, 0.15) is 5.82 Å². The molecule has 0 bridgehead atoms. The third-order valence-corrected chi connectivity index (χ3v) is 3.65. The van der Waals surface area contributed by atoms with Gasteiger partial charge in [-0.2, -0.15) is 5.10 Å². The van der Waals surface area contributed by atoms with E-state index in [0.29, 0.717) is 16.7 Å². The summed E-state index contributed by atoms with van der Waals surface area (Å²) in [6, 6.07) is 5.86. The Morgan fingerprint density at radius 3 is 2.81 bits per heavy atom. The number of rotatable bonds is 6. The zero-order valence-electron chi connectivity index (χ0n) is 11.6. The smallest absolute Gasteiger partial charge is 0.269 e. The number of likely N-dealkylation sites (N-methyl/N-ethyl adjacent to an activating group) is 1. The molecule has 0 atom stereocenters. The maximum absolute atomic E-state index is 13.0. The fourth-order valence-corrected chi connectivity index (χ4v) is 2.27. The standard InChI is InChI=1S/C14H16BrFN4O/c1-17-4-5-18-12-7-14(21)20(19-8-12)9-10-2-3-11(16)6-13(10)15/h2-3,6-8,17-18H,4-5,9H2,1H3. The van der Waals surface area contributed by atoms with Crippen LogP contribution in [-0.4, -0.2) is 29.9 Å². The van der Waals surface area contributed by atoms with Crippen LogP contribution in [-0.2, 0) is 6.54 Å². The van der Waals surface area contributed by atoms with Gasteiger partial charge < -0.3 is 10.6 Å². The summed E-state index contributed by atoms with van der Waals surface area (Å²) < 4.78 is 15.0. The Hall–Kier alpha value is -1.73. The highest BCUT2D eigenvalue weighted by Gasteiger charge is 2.05. The molecule has 0 saturated carbocycles. The Morgan fingerprint density at radius 1 is 1.33 bits per heavy atom. The Morgan fingerprint density at radius 2 is 2.14 bits per heavy atom. The van der Waals surface area contributed by atoms with Crippen LogP contribution in [0.5, 0.6) is 0 Å². The van der Waals surface area contributed by atoms with Crippen LogP contribution in [0.2, 0.25) is 0 Å². The van der Waals surface area contributed by atoms with E-state index in [4.69, 9.17) is 0 Å². The highest BCUT2D eigenvalue weighted by atomic mass is 79.9. The first-order valence-corrected chi connectivity index (χ1v) is 7.29. The van der Waals surface area contributed by atoms with Gasteiger partial charge in [-0.15, -0.1) is 0 Å². The molecule has 1 aromatic carbocycles. The first-order valence-electron chi connectivity index (χ1n) is 6.49. The quantitative estimate of drug-likeness (QED) is 0.777. The van der Waals surface area contributed by atoms with Crippen LogP contribution in [0.15, 0.2) is 39.7 Å². The molecule has 1 aromatic heterocycles. The van der Waals surface area contributed by atoms with E-state index in [9.17, 15) is 9.18 Å². The number of anilines is 1. The van der Waals surface area contributed by atoms with Crippen LogP contribution in [0.3, 0.4) is 0 Å². The van der Waals surface area contributed by atoms with Crippen molar-refractivity contribution in [3.63, 3.8) is 0 Å². The molecule has 0 aliphatic rings. The van der Waals surface area contributed by atoms with Gasteiger partial charge in [-0.05, 0) is 24.7 Å². The SMILES string of the molecule is CNCCNc1cnn(Cc2ccc(F)cc2Br)c(=O)c1. The average molecular weight is 355 g/mol. The number of hydrogen-bond acceptors (Lipinski definition) is 4. The second kappa shape index (κ2) is 7.33. The Balaban J connectivity index is 2.12. The lowest BCUT2D eigenvalue weighted by molar-refractivity contribution is 0.617. The normalized spacial score (nSPS) is 10.6.